The van der Waals surface area contributed by atoms with Crippen molar-refractivity contribution in [1.29, 1.82) is 0 Å². The molecule has 2 nitrogen and oxygen atoms in total. The fourth-order valence-corrected chi connectivity index (χ4v) is 1.96. The van der Waals surface area contributed by atoms with Gasteiger partial charge in [-0.1, -0.05) is 42.5 Å². The molecule has 2 aromatic rings. The molecule has 0 saturated carbocycles. The summed E-state index contributed by atoms with van der Waals surface area (Å²) in [5.74, 6) is 1.58. The molecule has 0 aliphatic heterocycles. The molecule has 0 fully saturated rings. The Labute approximate surface area is 120 Å². The first-order valence-corrected chi connectivity index (χ1v) is 7.03. The number of hydrogen-bond donors (Lipinski definition) is 2. The van der Waals surface area contributed by atoms with Gasteiger partial charge in [0.15, 0.2) is 0 Å². The second kappa shape index (κ2) is 7.22. The molecule has 0 unspecified atom stereocenters. The second-order valence-corrected chi connectivity index (χ2v) is 4.93. The Morgan fingerprint density at radius 2 is 1.63 bits per heavy atom. The summed E-state index contributed by atoms with van der Waals surface area (Å²) >= 11 is 4.19. The van der Waals surface area contributed by atoms with Crippen LogP contribution in [-0.4, -0.2) is 11.8 Å². The van der Waals surface area contributed by atoms with E-state index in [1.165, 1.54) is 11.1 Å². The van der Waals surface area contributed by atoms with Gasteiger partial charge in [-0.05, 0) is 29.7 Å². The van der Waals surface area contributed by atoms with Gasteiger partial charge in [-0.3, -0.25) is 0 Å². The van der Waals surface area contributed by atoms with Gasteiger partial charge in [0, 0.05) is 11.8 Å². The quantitative estimate of drug-likeness (QED) is 0.793. The molecule has 0 heterocycles. The van der Waals surface area contributed by atoms with Crippen LogP contribution in [0.5, 0.6) is 5.75 Å². The lowest BCUT2D eigenvalue weighted by Crippen LogP contribution is -2.24. The van der Waals surface area contributed by atoms with Crippen LogP contribution < -0.4 is 10.5 Å². The molecule has 0 radical (unpaired) electrons. The number of ether oxygens (including phenoxy) is 1. The van der Waals surface area contributed by atoms with E-state index in [4.69, 9.17) is 10.5 Å². The third-order valence-corrected chi connectivity index (χ3v) is 3.37. The number of rotatable bonds is 6. The zero-order valence-electron chi connectivity index (χ0n) is 10.8. The van der Waals surface area contributed by atoms with Crippen molar-refractivity contribution in [3.05, 3.63) is 65.7 Å². The first-order chi connectivity index (χ1) is 9.28. The Morgan fingerprint density at radius 3 is 2.26 bits per heavy atom. The SMILES string of the molecule is N[C@@H](CS)Cc1ccc(OCc2ccccc2)cc1. The van der Waals surface area contributed by atoms with E-state index >= 15 is 0 Å². The third-order valence-electron chi connectivity index (χ3n) is 2.90. The van der Waals surface area contributed by atoms with Crippen LogP contribution in [-0.2, 0) is 13.0 Å². The van der Waals surface area contributed by atoms with Crippen LogP contribution in [0.15, 0.2) is 54.6 Å². The number of thiol groups is 1. The highest BCUT2D eigenvalue weighted by Crippen LogP contribution is 2.15. The summed E-state index contributed by atoms with van der Waals surface area (Å²) in [5, 5.41) is 0. The summed E-state index contributed by atoms with van der Waals surface area (Å²) in [6.45, 7) is 0.594. The fraction of sp³-hybridized carbons (Fsp3) is 0.250. The van der Waals surface area contributed by atoms with Crippen LogP contribution in [0.1, 0.15) is 11.1 Å². The van der Waals surface area contributed by atoms with Gasteiger partial charge >= 0.3 is 0 Å². The van der Waals surface area contributed by atoms with E-state index in [0.717, 1.165) is 12.2 Å². The lowest BCUT2D eigenvalue weighted by molar-refractivity contribution is 0.306. The van der Waals surface area contributed by atoms with Gasteiger partial charge in [0.1, 0.15) is 12.4 Å². The van der Waals surface area contributed by atoms with Crippen molar-refractivity contribution in [3.63, 3.8) is 0 Å². The number of hydrogen-bond acceptors (Lipinski definition) is 3. The number of benzene rings is 2. The van der Waals surface area contributed by atoms with Crippen LogP contribution in [0.4, 0.5) is 0 Å². The molecule has 0 aromatic heterocycles. The molecule has 0 bridgehead atoms. The van der Waals surface area contributed by atoms with Crippen LogP contribution in [0.25, 0.3) is 0 Å². The van der Waals surface area contributed by atoms with Crippen LogP contribution in [0, 0.1) is 0 Å². The minimum atomic E-state index is 0.111. The molecule has 1 atom stereocenters. The van der Waals surface area contributed by atoms with Crippen molar-refractivity contribution in [2.45, 2.75) is 19.1 Å². The third kappa shape index (κ3) is 4.62. The molecule has 0 spiro atoms. The predicted octanol–water partition coefficient (Wildman–Crippen LogP) is 3.07. The molecule has 0 amide bonds. The monoisotopic (exact) mass is 273 g/mol. The van der Waals surface area contributed by atoms with Gasteiger partial charge < -0.3 is 10.5 Å². The molecular weight excluding hydrogens is 254 g/mol. The average Bonchev–Trinajstić information content (AvgIpc) is 2.47. The predicted molar refractivity (Wildman–Crippen MR) is 82.7 cm³/mol. The Morgan fingerprint density at radius 1 is 0.947 bits per heavy atom. The molecular formula is C16H19NOS. The molecule has 2 rings (SSSR count). The highest BCUT2D eigenvalue weighted by atomic mass is 32.1. The van der Waals surface area contributed by atoms with Crippen molar-refractivity contribution in [3.8, 4) is 5.75 Å². The van der Waals surface area contributed by atoms with Crippen molar-refractivity contribution < 1.29 is 4.74 Å². The summed E-state index contributed by atoms with van der Waals surface area (Å²) in [7, 11) is 0. The summed E-state index contributed by atoms with van der Waals surface area (Å²) < 4.78 is 5.73. The second-order valence-electron chi connectivity index (χ2n) is 4.57. The Hall–Kier alpha value is -1.45. The van der Waals surface area contributed by atoms with E-state index in [2.05, 4.69) is 36.9 Å². The van der Waals surface area contributed by atoms with E-state index in [1.54, 1.807) is 0 Å². The Bertz CT molecular complexity index is 484. The summed E-state index contributed by atoms with van der Waals surface area (Å²) in [6, 6.07) is 18.4. The standard InChI is InChI=1S/C16H19NOS/c17-15(12-19)10-13-6-8-16(9-7-13)18-11-14-4-2-1-3-5-14/h1-9,15,19H,10-12,17H2/t15-/m1/s1. The topological polar surface area (TPSA) is 35.2 Å². The first-order valence-electron chi connectivity index (χ1n) is 6.40. The van der Waals surface area contributed by atoms with Crippen molar-refractivity contribution in [2.75, 3.05) is 5.75 Å². The molecule has 100 valence electrons. The smallest absolute Gasteiger partial charge is 0.119 e. The minimum Gasteiger partial charge on any atom is -0.489 e. The minimum absolute atomic E-state index is 0.111. The van der Waals surface area contributed by atoms with E-state index in [9.17, 15) is 0 Å². The van der Waals surface area contributed by atoms with Crippen molar-refractivity contribution in [2.24, 2.45) is 5.73 Å². The lowest BCUT2D eigenvalue weighted by atomic mass is 10.1. The Balaban J connectivity index is 1.88. The zero-order chi connectivity index (χ0) is 13.5. The van der Waals surface area contributed by atoms with E-state index < -0.39 is 0 Å². The molecule has 0 aliphatic carbocycles. The maximum Gasteiger partial charge on any atom is 0.119 e. The van der Waals surface area contributed by atoms with Gasteiger partial charge in [0.25, 0.3) is 0 Å². The molecule has 19 heavy (non-hydrogen) atoms. The lowest BCUT2D eigenvalue weighted by Gasteiger charge is -2.10. The van der Waals surface area contributed by atoms with Gasteiger partial charge in [-0.2, -0.15) is 12.6 Å². The van der Waals surface area contributed by atoms with Crippen LogP contribution in [0.3, 0.4) is 0 Å². The molecule has 0 saturated heterocycles. The van der Waals surface area contributed by atoms with Crippen LogP contribution in [0.2, 0.25) is 0 Å². The van der Waals surface area contributed by atoms with E-state index in [0.29, 0.717) is 12.4 Å². The van der Waals surface area contributed by atoms with Crippen molar-refractivity contribution in [1.82, 2.24) is 0 Å². The highest BCUT2D eigenvalue weighted by molar-refractivity contribution is 7.80. The molecule has 2 N–H and O–H groups in total. The molecule has 0 aliphatic rings. The van der Waals surface area contributed by atoms with Crippen LogP contribution >= 0.6 is 12.6 Å². The van der Waals surface area contributed by atoms with Gasteiger partial charge in [-0.15, -0.1) is 0 Å². The highest BCUT2D eigenvalue weighted by Gasteiger charge is 2.02. The first kappa shape index (κ1) is 14.0. The summed E-state index contributed by atoms with van der Waals surface area (Å²) in [5.41, 5.74) is 8.26. The maximum absolute atomic E-state index is 5.87. The largest absolute Gasteiger partial charge is 0.489 e. The fourth-order valence-electron chi connectivity index (χ4n) is 1.83. The summed E-state index contributed by atoms with van der Waals surface area (Å²) in [6.07, 6.45) is 0.850. The van der Waals surface area contributed by atoms with Gasteiger partial charge in [0.05, 0.1) is 0 Å². The van der Waals surface area contributed by atoms with Crippen molar-refractivity contribution >= 4 is 12.6 Å². The normalized spacial score (nSPS) is 12.1. The zero-order valence-corrected chi connectivity index (χ0v) is 11.7. The average molecular weight is 273 g/mol. The Kier molecular flexibility index (Phi) is 5.31. The summed E-state index contributed by atoms with van der Waals surface area (Å²) in [4.78, 5) is 0. The van der Waals surface area contributed by atoms with Gasteiger partial charge in [0.2, 0.25) is 0 Å². The maximum atomic E-state index is 5.87. The molecule has 2 aromatic carbocycles. The molecule has 3 heteroatoms. The van der Waals surface area contributed by atoms with E-state index in [-0.39, 0.29) is 6.04 Å². The van der Waals surface area contributed by atoms with E-state index in [1.807, 2.05) is 30.3 Å². The number of nitrogens with two attached hydrogens (primary N) is 1. The van der Waals surface area contributed by atoms with Gasteiger partial charge in [-0.25, -0.2) is 0 Å².